The summed E-state index contributed by atoms with van der Waals surface area (Å²) in [4.78, 5) is 11.2. The molecule has 0 atom stereocenters. The maximum absolute atomic E-state index is 12.7. The molecule has 0 aliphatic rings. The monoisotopic (exact) mass is 312 g/mol. The summed E-state index contributed by atoms with van der Waals surface area (Å²) in [6, 6.07) is 0. The van der Waals surface area contributed by atoms with Crippen molar-refractivity contribution in [1.29, 1.82) is 0 Å². The molecule has 19 heavy (non-hydrogen) atoms. The van der Waals surface area contributed by atoms with E-state index in [0.717, 1.165) is 6.26 Å². The number of hydrogen-bond acceptors (Lipinski definition) is 3. The van der Waals surface area contributed by atoms with Gasteiger partial charge in [-0.3, -0.25) is 4.79 Å². The smallest absolute Gasteiger partial charge is 0.438 e. The molecule has 0 aliphatic carbocycles. The molecule has 0 radical (unpaired) electrons. The normalized spacial score (nSPS) is 13.5. The van der Waals surface area contributed by atoms with Crippen molar-refractivity contribution in [3.05, 3.63) is 0 Å². The van der Waals surface area contributed by atoms with Crippen molar-refractivity contribution >= 4 is 17.7 Å². The minimum absolute atomic E-state index is 0.171. The van der Waals surface area contributed by atoms with E-state index >= 15 is 0 Å². The Morgan fingerprint density at radius 3 is 1.89 bits per heavy atom. The Morgan fingerprint density at radius 1 is 1.11 bits per heavy atom. The molecule has 2 nitrogen and oxygen atoms in total. The van der Waals surface area contributed by atoms with Crippen LogP contribution in [-0.2, 0) is 9.53 Å². The van der Waals surface area contributed by atoms with Gasteiger partial charge in [0.25, 0.3) is 0 Å². The molecular formula is C10H14F6O2S. The van der Waals surface area contributed by atoms with E-state index in [0.29, 0.717) is 18.2 Å². The third-order valence-corrected chi connectivity index (χ3v) is 2.98. The van der Waals surface area contributed by atoms with Crippen LogP contribution in [0.4, 0.5) is 26.3 Å². The molecule has 0 heterocycles. The van der Waals surface area contributed by atoms with E-state index in [4.69, 9.17) is 0 Å². The molecular weight excluding hydrogens is 298 g/mol. The third kappa shape index (κ3) is 4.47. The van der Waals surface area contributed by atoms with Crippen LogP contribution in [0.5, 0.6) is 0 Å². The number of alkyl halides is 6. The first kappa shape index (κ1) is 18.4. The van der Waals surface area contributed by atoms with Crippen LogP contribution < -0.4 is 0 Å². The molecule has 0 amide bonds. The SMILES string of the molecule is CCCCC(=O)OC(CSC)(C(F)(F)F)C(F)(F)F. The van der Waals surface area contributed by atoms with Crippen LogP contribution in [0.25, 0.3) is 0 Å². The first-order chi connectivity index (χ1) is 8.52. The van der Waals surface area contributed by atoms with Gasteiger partial charge in [-0.05, 0) is 12.7 Å². The predicted molar refractivity (Wildman–Crippen MR) is 58.8 cm³/mol. The molecule has 0 aromatic rings. The lowest BCUT2D eigenvalue weighted by Crippen LogP contribution is -2.61. The Bertz CT molecular complexity index is 285. The molecule has 0 spiro atoms. The first-order valence-corrected chi connectivity index (χ1v) is 6.75. The minimum Gasteiger partial charge on any atom is -0.438 e. The van der Waals surface area contributed by atoms with Crippen molar-refractivity contribution in [2.75, 3.05) is 12.0 Å². The Labute approximate surface area is 110 Å². The summed E-state index contributed by atoms with van der Waals surface area (Å²) in [5, 5.41) is 0. The maximum Gasteiger partial charge on any atom is 0.438 e. The van der Waals surface area contributed by atoms with E-state index < -0.39 is 36.1 Å². The van der Waals surface area contributed by atoms with Gasteiger partial charge in [0.2, 0.25) is 0 Å². The van der Waals surface area contributed by atoms with Gasteiger partial charge in [0.1, 0.15) is 0 Å². The maximum atomic E-state index is 12.7. The number of hydrogen-bond donors (Lipinski definition) is 0. The largest absolute Gasteiger partial charge is 0.438 e. The van der Waals surface area contributed by atoms with E-state index in [2.05, 4.69) is 4.74 Å². The highest BCUT2D eigenvalue weighted by Gasteiger charge is 2.73. The van der Waals surface area contributed by atoms with Gasteiger partial charge in [-0.15, -0.1) is 0 Å². The lowest BCUT2D eigenvalue weighted by molar-refractivity contribution is -0.360. The highest BCUT2D eigenvalue weighted by molar-refractivity contribution is 7.98. The number of halogens is 6. The summed E-state index contributed by atoms with van der Waals surface area (Å²) in [7, 11) is 0. The molecule has 0 rings (SSSR count). The van der Waals surface area contributed by atoms with Crippen LogP contribution >= 0.6 is 11.8 Å². The average molecular weight is 312 g/mol. The number of carbonyl (C=O) groups excluding carboxylic acids is 1. The molecule has 9 heteroatoms. The van der Waals surface area contributed by atoms with Crippen LogP contribution in [0.15, 0.2) is 0 Å². The number of carbonyl (C=O) groups is 1. The van der Waals surface area contributed by atoms with Gasteiger partial charge in [0, 0.05) is 6.42 Å². The summed E-state index contributed by atoms with van der Waals surface area (Å²) in [6.07, 6.45) is -10.2. The molecule has 0 aromatic carbocycles. The Hall–Kier alpha value is -0.600. The lowest BCUT2D eigenvalue weighted by atomic mass is 10.1. The lowest BCUT2D eigenvalue weighted by Gasteiger charge is -2.36. The van der Waals surface area contributed by atoms with Crippen molar-refractivity contribution in [1.82, 2.24) is 0 Å². The van der Waals surface area contributed by atoms with Crippen LogP contribution in [0.3, 0.4) is 0 Å². The molecule has 0 aliphatic heterocycles. The van der Waals surface area contributed by atoms with Gasteiger partial charge in [0.05, 0.1) is 5.75 Å². The highest BCUT2D eigenvalue weighted by atomic mass is 32.2. The molecule has 0 aromatic heterocycles. The molecule has 114 valence electrons. The molecule has 0 bridgehead atoms. The molecule has 0 N–H and O–H groups in total. The second-order valence-corrected chi connectivity index (χ2v) is 4.70. The first-order valence-electron chi connectivity index (χ1n) is 5.36. The van der Waals surface area contributed by atoms with Gasteiger partial charge in [0.15, 0.2) is 0 Å². The van der Waals surface area contributed by atoms with Crippen molar-refractivity contribution in [2.45, 2.75) is 44.1 Å². The zero-order valence-corrected chi connectivity index (χ0v) is 11.1. The van der Waals surface area contributed by atoms with E-state index in [1.807, 2.05) is 0 Å². The number of ether oxygens (including phenoxy) is 1. The second kappa shape index (κ2) is 6.71. The Balaban J connectivity index is 5.31. The number of unbranched alkanes of at least 4 members (excludes halogenated alkanes) is 1. The van der Waals surface area contributed by atoms with Crippen molar-refractivity contribution in [2.24, 2.45) is 0 Å². The van der Waals surface area contributed by atoms with Gasteiger partial charge in [-0.25, -0.2) is 0 Å². The summed E-state index contributed by atoms with van der Waals surface area (Å²) in [5.74, 6) is -2.91. The van der Waals surface area contributed by atoms with Crippen LogP contribution in [0, 0.1) is 0 Å². The third-order valence-electron chi connectivity index (χ3n) is 2.29. The number of esters is 1. The van der Waals surface area contributed by atoms with Gasteiger partial charge >= 0.3 is 23.9 Å². The molecule has 0 unspecified atom stereocenters. The highest BCUT2D eigenvalue weighted by Crippen LogP contribution is 2.47. The standard InChI is InChI=1S/C10H14F6O2S/c1-3-4-5-7(17)18-8(6-19-2,9(11,12)13)10(14,15)16/h3-6H2,1-2H3. The Kier molecular flexibility index (Phi) is 6.50. The van der Waals surface area contributed by atoms with Gasteiger partial charge < -0.3 is 4.74 Å². The average Bonchev–Trinajstić information content (AvgIpc) is 2.22. The van der Waals surface area contributed by atoms with Crippen LogP contribution in [0.2, 0.25) is 0 Å². The molecule has 0 saturated heterocycles. The van der Waals surface area contributed by atoms with E-state index in [1.54, 1.807) is 6.92 Å². The quantitative estimate of drug-likeness (QED) is 0.549. The summed E-state index contributed by atoms with van der Waals surface area (Å²) < 4.78 is 80.2. The van der Waals surface area contributed by atoms with Crippen molar-refractivity contribution in [3.8, 4) is 0 Å². The number of rotatable bonds is 6. The van der Waals surface area contributed by atoms with Crippen molar-refractivity contribution < 1.29 is 35.9 Å². The fourth-order valence-electron chi connectivity index (χ4n) is 1.24. The predicted octanol–water partition coefficient (Wildman–Crippen LogP) is 3.95. The van der Waals surface area contributed by atoms with Crippen LogP contribution in [-0.4, -0.2) is 35.9 Å². The summed E-state index contributed by atoms with van der Waals surface area (Å²) in [5.41, 5.74) is -4.44. The fourth-order valence-corrected chi connectivity index (χ4v) is 2.03. The zero-order chi connectivity index (χ0) is 15.3. The van der Waals surface area contributed by atoms with E-state index in [1.165, 1.54) is 0 Å². The molecule has 0 fully saturated rings. The van der Waals surface area contributed by atoms with E-state index in [-0.39, 0.29) is 6.42 Å². The topological polar surface area (TPSA) is 26.3 Å². The second-order valence-electron chi connectivity index (χ2n) is 3.83. The zero-order valence-electron chi connectivity index (χ0n) is 10.3. The molecule has 0 saturated carbocycles. The summed E-state index contributed by atoms with van der Waals surface area (Å²) in [6.45, 7) is 1.65. The van der Waals surface area contributed by atoms with E-state index in [9.17, 15) is 31.1 Å². The van der Waals surface area contributed by atoms with Crippen molar-refractivity contribution in [3.63, 3.8) is 0 Å². The Morgan fingerprint density at radius 2 is 1.58 bits per heavy atom. The van der Waals surface area contributed by atoms with Gasteiger partial charge in [-0.2, -0.15) is 38.1 Å². The summed E-state index contributed by atoms with van der Waals surface area (Å²) >= 11 is 0.311. The number of thioether (sulfide) groups is 1. The van der Waals surface area contributed by atoms with Gasteiger partial charge in [-0.1, -0.05) is 13.3 Å². The van der Waals surface area contributed by atoms with Crippen LogP contribution in [0.1, 0.15) is 26.2 Å². The fraction of sp³-hybridized carbons (Fsp3) is 0.900. The minimum atomic E-state index is -5.71.